The van der Waals surface area contributed by atoms with Gasteiger partial charge in [0.25, 0.3) is 0 Å². The Balaban J connectivity index is 1.79. The van der Waals surface area contributed by atoms with Gasteiger partial charge in [0.1, 0.15) is 5.92 Å². The lowest BCUT2D eigenvalue weighted by atomic mass is 9.86. The predicted molar refractivity (Wildman–Crippen MR) is 100 cm³/mol. The second-order valence-electron chi connectivity index (χ2n) is 6.74. The van der Waals surface area contributed by atoms with E-state index >= 15 is 0 Å². The first kappa shape index (κ1) is 19.0. The highest BCUT2D eigenvalue weighted by Gasteiger charge is 2.38. The molecule has 1 fully saturated rings. The van der Waals surface area contributed by atoms with Crippen molar-refractivity contribution in [1.82, 2.24) is 9.88 Å². The van der Waals surface area contributed by atoms with Crippen LogP contribution in [0.4, 0.5) is 0 Å². The highest BCUT2D eigenvalue weighted by atomic mass is 16.5. The highest BCUT2D eigenvalue weighted by molar-refractivity contribution is 5.92. The van der Waals surface area contributed by atoms with E-state index in [1.165, 1.54) is 11.8 Å². The molecule has 0 spiro atoms. The number of carbonyl (C=O) groups excluding carboxylic acids is 1. The molecule has 2 heterocycles. The van der Waals surface area contributed by atoms with Crippen LogP contribution in [0.25, 0.3) is 0 Å². The molecule has 1 saturated heterocycles. The molecular formula is C21H24N2O4. The lowest BCUT2D eigenvalue weighted by molar-refractivity contribution is -0.140. The molecule has 3 rings (SSSR count). The average molecular weight is 368 g/mol. The summed E-state index contributed by atoms with van der Waals surface area (Å²) in [6.45, 7) is 4.23. The summed E-state index contributed by atoms with van der Waals surface area (Å²) >= 11 is 0. The van der Waals surface area contributed by atoms with Crippen molar-refractivity contribution in [2.45, 2.75) is 25.8 Å². The number of aromatic nitrogens is 1. The molecule has 0 amide bonds. The van der Waals surface area contributed by atoms with Crippen molar-refractivity contribution in [1.29, 1.82) is 0 Å². The van der Waals surface area contributed by atoms with Gasteiger partial charge in [-0.2, -0.15) is 0 Å². The maximum atomic E-state index is 12.2. The normalized spacial score (nSPS) is 18.2. The minimum atomic E-state index is -0.953. The molecular weight excluding hydrogens is 344 g/mol. The highest BCUT2D eigenvalue weighted by Crippen LogP contribution is 2.34. The number of carboxylic acid groups (broad SMARTS) is 1. The quantitative estimate of drug-likeness (QED) is 0.757. The van der Waals surface area contributed by atoms with Crippen LogP contribution in [0.2, 0.25) is 0 Å². The number of carboxylic acids is 1. The fourth-order valence-corrected chi connectivity index (χ4v) is 3.71. The number of nitrogens with zero attached hydrogens (tertiary/aromatic N) is 2. The molecule has 6 heteroatoms. The van der Waals surface area contributed by atoms with Gasteiger partial charge in [-0.15, -0.1) is 0 Å². The first-order chi connectivity index (χ1) is 13.1. The third-order valence-corrected chi connectivity index (χ3v) is 4.92. The van der Waals surface area contributed by atoms with Crippen LogP contribution in [0, 0.1) is 5.92 Å². The third-order valence-electron chi connectivity index (χ3n) is 4.92. The van der Waals surface area contributed by atoms with E-state index in [4.69, 9.17) is 4.74 Å². The number of benzene rings is 1. The second kappa shape index (κ2) is 8.77. The number of esters is 1. The van der Waals surface area contributed by atoms with Crippen molar-refractivity contribution >= 4 is 11.9 Å². The number of aliphatic carboxylic acids is 1. The van der Waals surface area contributed by atoms with Gasteiger partial charge in [-0.05, 0) is 43.5 Å². The predicted octanol–water partition coefficient (Wildman–Crippen LogP) is 2.95. The molecule has 1 aromatic heterocycles. The van der Waals surface area contributed by atoms with E-state index in [9.17, 15) is 14.7 Å². The lowest BCUT2D eigenvalue weighted by Crippen LogP contribution is -2.28. The summed E-state index contributed by atoms with van der Waals surface area (Å²) in [5.41, 5.74) is 1.75. The van der Waals surface area contributed by atoms with Crippen molar-refractivity contribution < 1.29 is 19.4 Å². The number of hydrogen-bond donors (Lipinski definition) is 1. The van der Waals surface area contributed by atoms with Crippen LogP contribution in [0.5, 0.6) is 0 Å². The van der Waals surface area contributed by atoms with E-state index in [1.54, 1.807) is 19.1 Å². The molecule has 1 aliphatic heterocycles. The molecule has 6 nitrogen and oxygen atoms in total. The minimum absolute atomic E-state index is 0.103. The number of hydrogen-bond acceptors (Lipinski definition) is 5. The Morgan fingerprint density at radius 2 is 2.04 bits per heavy atom. The topological polar surface area (TPSA) is 79.7 Å². The van der Waals surface area contributed by atoms with Crippen molar-refractivity contribution in [3.8, 4) is 0 Å². The van der Waals surface area contributed by atoms with E-state index in [-0.39, 0.29) is 18.1 Å². The summed E-state index contributed by atoms with van der Waals surface area (Å²) in [6.07, 6.45) is 2.29. The molecule has 27 heavy (non-hydrogen) atoms. The van der Waals surface area contributed by atoms with E-state index < -0.39 is 17.9 Å². The number of likely N-dealkylation sites (tertiary alicyclic amines) is 1. The van der Waals surface area contributed by atoms with E-state index in [0.29, 0.717) is 12.2 Å². The Morgan fingerprint density at radius 3 is 2.74 bits per heavy atom. The van der Waals surface area contributed by atoms with Gasteiger partial charge in [0.2, 0.25) is 0 Å². The van der Waals surface area contributed by atoms with Crippen LogP contribution in [-0.4, -0.2) is 46.6 Å². The molecule has 0 radical (unpaired) electrons. The first-order valence-electron chi connectivity index (χ1n) is 9.21. The first-order valence-corrected chi connectivity index (χ1v) is 9.21. The molecule has 142 valence electrons. The van der Waals surface area contributed by atoms with Gasteiger partial charge in [-0.25, -0.2) is 4.79 Å². The summed E-state index contributed by atoms with van der Waals surface area (Å²) in [5, 5.41) is 9.89. The lowest BCUT2D eigenvalue weighted by Gasteiger charge is -2.22. The number of pyridine rings is 1. The molecule has 0 aliphatic carbocycles. The molecule has 0 saturated carbocycles. The van der Waals surface area contributed by atoms with Gasteiger partial charge in [0, 0.05) is 19.3 Å². The number of rotatable bonds is 7. The Bertz CT molecular complexity index is 794. The smallest absolute Gasteiger partial charge is 0.340 e. The van der Waals surface area contributed by atoms with Gasteiger partial charge in [-0.1, -0.05) is 30.3 Å². The van der Waals surface area contributed by atoms with Crippen molar-refractivity contribution in [3.05, 3.63) is 65.5 Å². The largest absolute Gasteiger partial charge is 0.481 e. The van der Waals surface area contributed by atoms with E-state index in [2.05, 4.69) is 22.0 Å². The molecule has 1 N–H and O–H groups in total. The molecule has 0 bridgehead atoms. The second-order valence-corrected chi connectivity index (χ2v) is 6.74. The summed E-state index contributed by atoms with van der Waals surface area (Å²) in [4.78, 5) is 30.8. The van der Waals surface area contributed by atoms with Crippen molar-refractivity contribution in [2.24, 2.45) is 5.92 Å². The van der Waals surface area contributed by atoms with Crippen LogP contribution in [0.15, 0.2) is 48.7 Å². The molecule has 2 atom stereocenters. The Kier molecular flexibility index (Phi) is 6.19. The minimum Gasteiger partial charge on any atom is -0.481 e. The van der Waals surface area contributed by atoms with Crippen LogP contribution in [0.1, 0.15) is 40.9 Å². The van der Waals surface area contributed by atoms with Crippen molar-refractivity contribution in [2.75, 3.05) is 19.7 Å². The maximum absolute atomic E-state index is 12.2. The van der Waals surface area contributed by atoms with Gasteiger partial charge in [0.15, 0.2) is 0 Å². The SMILES string of the molecule is CCOC(=O)c1cccnc1C(C(=O)O)C1CCN(Cc2ccccc2)C1. The standard InChI is InChI=1S/C21H24N2O4/c1-2-27-21(26)17-9-6-11-22-19(17)18(20(24)25)16-10-12-23(14-16)13-15-7-4-3-5-8-15/h3-9,11,16,18H,2,10,12-14H2,1H3,(H,24,25). The van der Waals surface area contributed by atoms with Gasteiger partial charge < -0.3 is 9.84 Å². The van der Waals surface area contributed by atoms with Crippen molar-refractivity contribution in [3.63, 3.8) is 0 Å². The maximum Gasteiger partial charge on any atom is 0.340 e. The van der Waals surface area contributed by atoms with E-state index in [1.807, 2.05) is 18.2 Å². The summed E-state index contributed by atoms with van der Waals surface area (Å²) in [7, 11) is 0. The van der Waals surface area contributed by atoms with Crippen LogP contribution in [0.3, 0.4) is 0 Å². The summed E-state index contributed by atoms with van der Waals surface area (Å²) in [5.74, 6) is -2.41. The zero-order chi connectivity index (χ0) is 19.2. The third kappa shape index (κ3) is 4.52. The van der Waals surface area contributed by atoms with Crippen LogP contribution >= 0.6 is 0 Å². The summed E-state index contributed by atoms with van der Waals surface area (Å²) in [6, 6.07) is 13.3. The van der Waals surface area contributed by atoms with E-state index in [0.717, 1.165) is 19.5 Å². The Morgan fingerprint density at radius 1 is 1.26 bits per heavy atom. The fourth-order valence-electron chi connectivity index (χ4n) is 3.71. The van der Waals surface area contributed by atoms with Gasteiger partial charge in [0.05, 0.1) is 17.9 Å². The molecule has 1 aliphatic rings. The Labute approximate surface area is 158 Å². The fraction of sp³-hybridized carbons (Fsp3) is 0.381. The Hall–Kier alpha value is -2.73. The summed E-state index contributed by atoms with van der Waals surface area (Å²) < 4.78 is 5.08. The molecule has 1 aromatic carbocycles. The van der Waals surface area contributed by atoms with Gasteiger partial charge >= 0.3 is 11.9 Å². The zero-order valence-corrected chi connectivity index (χ0v) is 15.4. The molecule has 2 unspecified atom stereocenters. The average Bonchev–Trinajstić information content (AvgIpc) is 3.11. The van der Waals surface area contributed by atoms with Crippen LogP contribution < -0.4 is 0 Å². The van der Waals surface area contributed by atoms with Crippen LogP contribution in [-0.2, 0) is 16.1 Å². The monoisotopic (exact) mass is 368 g/mol. The zero-order valence-electron chi connectivity index (χ0n) is 15.4. The number of carbonyl (C=O) groups is 2. The number of ether oxygens (including phenoxy) is 1. The van der Waals surface area contributed by atoms with Gasteiger partial charge in [-0.3, -0.25) is 14.7 Å². The molecule has 2 aromatic rings.